The summed E-state index contributed by atoms with van der Waals surface area (Å²) < 4.78 is 4.92. The van der Waals surface area contributed by atoms with E-state index in [1.54, 1.807) is 6.26 Å². The first-order valence-electron chi connectivity index (χ1n) is 5.09. The van der Waals surface area contributed by atoms with Gasteiger partial charge in [-0.3, -0.25) is 4.90 Å². The maximum Gasteiger partial charge on any atom is 0.128 e. The van der Waals surface area contributed by atoms with Crippen LogP contribution in [0.2, 0.25) is 0 Å². The summed E-state index contributed by atoms with van der Waals surface area (Å²) in [7, 11) is 2.03. The van der Waals surface area contributed by atoms with Crippen molar-refractivity contribution in [3.8, 4) is 0 Å². The van der Waals surface area contributed by atoms with Crippen LogP contribution in [0.4, 0.5) is 0 Å². The van der Waals surface area contributed by atoms with Gasteiger partial charge in [0.2, 0.25) is 0 Å². The van der Waals surface area contributed by atoms with Crippen molar-refractivity contribution in [1.29, 1.82) is 0 Å². The zero-order valence-corrected chi connectivity index (χ0v) is 8.79. The van der Waals surface area contributed by atoms with Crippen LogP contribution in [0.1, 0.15) is 17.7 Å². The van der Waals surface area contributed by atoms with Gasteiger partial charge in [0.25, 0.3) is 0 Å². The third-order valence-corrected chi connectivity index (χ3v) is 2.92. The predicted octanol–water partition coefficient (Wildman–Crippen LogP) is 0.777. The molecule has 1 atom stereocenters. The van der Waals surface area contributed by atoms with Gasteiger partial charge in [-0.15, -0.1) is 0 Å². The van der Waals surface area contributed by atoms with Gasteiger partial charge in [0, 0.05) is 31.2 Å². The van der Waals surface area contributed by atoms with Crippen LogP contribution in [0.15, 0.2) is 10.8 Å². The molecule has 4 heteroatoms. The van der Waals surface area contributed by atoms with Crippen LogP contribution < -0.4 is 5.32 Å². The molecule has 0 saturated carbocycles. The van der Waals surface area contributed by atoms with Crippen LogP contribution in [0.3, 0.4) is 0 Å². The molecule has 0 radical (unpaired) electrons. The minimum Gasteiger partial charge on any atom is -0.364 e. The van der Waals surface area contributed by atoms with Crippen molar-refractivity contribution >= 4 is 0 Å². The first-order valence-corrected chi connectivity index (χ1v) is 5.09. The molecule has 1 aliphatic rings. The monoisotopic (exact) mass is 195 g/mol. The molecule has 1 saturated heterocycles. The van der Waals surface area contributed by atoms with Crippen LogP contribution in [-0.4, -0.2) is 36.2 Å². The van der Waals surface area contributed by atoms with Crippen molar-refractivity contribution in [2.75, 3.05) is 20.1 Å². The SMILES string of the molecule is CNC1CCN(Cc2conc2C)C1. The number of aryl methyl sites for hydroxylation is 1. The summed E-state index contributed by atoms with van der Waals surface area (Å²) >= 11 is 0. The lowest BCUT2D eigenvalue weighted by Crippen LogP contribution is -2.29. The Balaban J connectivity index is 1.90. The maximum absolute atomic E-state index is 4.92. The molecule has 78 valence electrons. The second kappa shape index (κ2) is 4.11. The van der Waals surface area contributed by atoms with E-state index in [-0.39, 0.29) is 0 Å². The van der Waals surface area contributed by atoms with Gasteiger partial charge in [0.15, 0.2) is 0 Å². The van der Waals surface area contributed by atoms with E-state index in [1.165, 1.54) is 12.0 Å². The highest BCUT2D eigenvalue weighted by Crippen LogP contribution is 2.14. The quantitative estimate of drug-likeness (QED) is 0.773. The van der Waals surface area contributed by atoms with Crippen molar-refractivity contribution in [2.45, 2.75) is 25.9 Å². The van der Waals surface area contributed by atoms with Gasteiger partial charge in [0.1, 0.15) is 6.26 Å². The van der Waals surface area contributed by atoms with Crippen LogP contribution in [0, 0.1) is 6.92 Å². The molecular formula is C10H17N3O. The van der Waals surface area contributed by atoms with Crippen LogP contribution in [-0.2, 0) is 6.54 Å². The Kier molecular flexibility index (Phi) is 2.84. The van der Waals surface area contributed by atoms with E-state index < -0.39 is 0 Å². The van der Waals surface area contributed by atoms with E-state index in [0.29, 0.717) is 6.04 Å². The minimum absolute atomic E-state index is 0.648. The fourth-order valence-corrected chi connectivity index (χ4v) is 1.92. The second-order valence-corrected chi connectivity index (χ2v) is 3.93. The molecule has 0 aromatic carbocycles. The highest BCUT2D eigenvalue weighted by Gasteiger charge is 2.21. The summed E-state index contributed by atoms with van der Waals surface area (Å²) in [6.07, 6.45) is 2.99. The van der Waals surface area contributed by atoms with E-state index in [1.807, 2.05) is 14.0 Å². The van der Waals surface area contributed by atoms with Crippen LogP contribution in [0.5, 0.6) is 0 Å². The summed E-state index contributed by atoms with van der Waals surface area (Å²) in [6.45, 7) is 5.25. The topological polar surface area (TPSA) is 41.3 Å². The van der Waals surface area contributed by atoms with E-state index in [2.05, 4.69) is 15.4 Å². The highest BCUT2D eigenvalue weighted by atomic mass is 16.5. The Morgan fingerprint density at radius 1 is 1.71 bits per heavy atom. The lowest BCUT2D eigenvalue weighted by molar-refractivity contribution is 0.320. The summed E-state index contributed by atoms with van der Waals surface area (Å²) in [4.78, 5) is 2.43. The van der Waals surface area contributed by atoms with E-state index >= 15 is 0 Å². The van der Waals surface area contributed by atoms with Gasteiger partial charge < -0.3 is 9.84 Å². The van der Waals surface area contributed by atoms with Crippen LogP contribution >= 0.6 is 0 Å². The average Bonchev–Trinajstić information content (AvgIpc) is 2.77. The predicted molar refractivity (Wildman–Crippen MR) is 54.0 cm³/mol. The van der Waals surface area contributed by atoms with Crippen LogP contribution in [0.25, 0.3) is 0 Å². The number of aromatic nitrogens is 1. The van der Waals surface area contributed by atoms with Gasteiger partial charge in [-0.1, -0.05) is 5.16 Å². The molecule has 1 N–H and O–H groups in total. The number of nitrogens with one attached hydrogen (secondary N) is 1. The summed E-state index contributed by atoms with van der Waals surface area (Å²) in [6, 6.07) is 0.648. The molecule has 1 unspecified atom stereocenters. The standard InChI is InChI=1S/C10H17N3O/c1-8-9(7-14-12-8)5-13-4-3-10(6-13)11-2/h7,10-11H,3-6H2,1-2H3. The Morgan fingerprint density at radius 2 is 2.57 bits per heavy atom. The smallest absolute Gasteiger partial charge is 0.128 e. The largest absolute Gasteiger partial charge is 0.364 e. The molecule has 4 nitrogen and oxygen atoms in total. The number of likely N-dealkylation sites (N-methyl/N-ethyl adjacent to an activating group) is 1. The summed E-state index contributed by atoms with van der Waals surface area (Å²) in [5.41, 5.74) is 2.22. The van der Waals surface area contributed by atoms with Crippen molar-refractivity contribution in [3.05, 3.63) is 17.5 Å². The van der Waals surface area contributed by atoms with Gasteiger partial charge in [-0.05, 0) is 20.4 Å². The van der Waals surface area contributed by atoms with Crippen molar-refractivity contribution in [2.24, 2.45) is 0 Å². The molecule has 1 aromatic rings. The van der Waals surface area contributed by atoms with Gasteiger partial charge in [0.05, 0.1) is 5.69 Å². The Morgan fingerprint density at radius 3 is 3.14 bits per heavy atom. The highest BCUT2D eigenvalue weighted by molar-refractivity contribution is 5.12. The van der Waals surface area contributed by atoms with Crippen molar-refractivity contribution in [3.63, 3.8) is 0 Å². The molecule has 0 amide bonds. The molecule has 1 aromatic heterocycles. The Bertz CT molecular complexity index is 297. The third kappa shape index (κ3) is 1.96. The third-order valence-electron chi connectivity index (χ3n) is 2.92. The summed E-state index contributed by atoms with van der Waals surface area (Å²) in [5, 5.41) is 7.19. The fourth-order valence-electron chi connectivity index (χ4n) is 1.92. The molecule has 14 heavy (non-hydrogen) atoms. The van der Waals surface area contributed by atoms with E-state index in [9.17, 15) is 0 Å². The molecule has 0 bridgehead atoms. The molecule has 2 heterocycles. The maximum atomic E-state index is 4.92. The fraction of sp³-hybridized carbons (Fsp3) is 0.700. The zero-order valence-electron chi connectivity index (χ0n) is 8.79. The second-order valence-electron chi connectivity index (χ2n) is 3.93. The molecular weight excluding hydrogens is 178 g/mol. The number of hydrogen-bond donors (Lipinski definition) is 1. The number of rotatable bonds is 3. The van der Waals surface area contributed by atoms with E-state index in [4.69, 9.17) is 4.52 Å². The van der Waals surface area contributed by atoms with Gasteiger partial charge in [-0.2, -0.15) is 0 Å². The Hall–Kier alpha value is -0.870. The number of likely N-dealkylation sites (tertiary alicyclic amines) is 1. The van der Waals surface area contributed by atoms with Gasteiger partial charge in [-0.25, -0.2) is 0 Å². The lowest BCUT2D eigenvalue weighted by atomic mass is 10.2. The molecule has 1 aliphatic heterocycles. The lowest BCUT2D eigenvalue weighted by Gasteiger charge is -2.14. The summed E-state index contributed by atoms with van der Waals surface area (Å²) in [5.74, 6) is 0. The van der Waals surface area contributed by atoms with E-state index in [0.717, 1.165) is 25.3 Å². The zero-order chi connectivity index (χ0) is 9.97. The number of hydrogen-bond acceptors (Lipinski definition) is 4. The average molecular weight is 195 g/mol. The van der Waals surface area contributed by atoms with Crippen molar-refractivity contribution in [1.82, 2.24) is 15.4 Å². The first-order chi connectivity index (χ1) is 6.79. The first kappa shape index (κ1) is 9.68. The molecule has 0 aliphatic carbocycles. The normalized spacial score (nSPS) is 23.1. The number of nitrogens with zero attached hydrogens (tertiary/aromatic N) is 2. The molecule has 1 fully saturated rings. The molecule has 2 rings (SSSR count). The van der Waals surface area contributed by atoms with Gasteiger partial charge >= 0.3 is 0 Å². The minimum atomic E-state index is 0.648. The molecule has 0 spiro atoms. The Labute approximate surface area is 84.3 Å². The van der Waals surface area contributed by atoms with Crippen molar-refractivity contribution < 1.29 is 4.52 Å².